The number of furan rings is 1. The minimum Gasteiger partial charge on any atom is -0.497 e. The van der Waals surface area contributed by atoms with Crippen molar-refractivity contribution in [2.45, 2.75) is 25.5 Å². The molecule has 0 spiro atoms. The standard InChI is InChI=1S/C21H26N2O4S/c1-21(2,3)28-13-11-22-20(25)18(14-17-6-5-12-27-17)23-19(24)15-7-9-16(26-4)10-8-15/h5-10,12,14H,11,13H2,1-4H3,(H,22,25)(H,23,24)/b18-14-. The maximum Gasteiger partial charge on any atom is 0.267 e. The maximum absolute atomic E-state index is 12.6. The van der Waals surface area contributed by atoms with Crippen molar-refractivity contribution in [3.8, 4) is 5.75 Å². The van der Waals surface area contributed by atoms with E-state index in [1.54, 1.807) is 55.3 Å². The van der Waals surface area contributed by atoms with Crippen LogP contribution in [-0.4, -0.2) is 36.0 Å². The van der Waals surface area contributed by atoms with Crippen molar-refractivity contribution >= 4 is 29.7 Å². The van der Waals surface area contributed by atoms with E-state index in [0.29, 0.717) is 23.6 Å². The number of carbonyl (C=O) groups is 2. The van der Waals surface area contributed by atoms with Crippen LogP contribution >= 0.6 is 11.8 Å². The van der Waals surface area contributed by atoms with Crippen LogP contribution in [0.15, 0.2) is 52.8 Å². The Morgan fingerprint density at radius 2 is 1.89 bits per heavy atom. The molecule has 7 heteroatoms. The van der Waals surface area contributed by atoms with Gasteiger partial charge in [-0.25, -0.2) is 0 Å². The molecule has 0 saturated carbocycles. The summed E-state index contributed by atoms with van der Waals surface area (Å²) in [5.41, 5.74) is 0.541. The van der Waals surface area contributed by atoms with Crippen LogP contribution in [0.25, 0.3) is 6.08 Å². The Labute approximate surface area is 169 Å². The molecule has 28 heavy (non-hydrogen) atoms. The van der Waals surface area contributed by atoms with Gasteiger partial charge >= 0.3 is 0 Å². The number of benzene rings is 1. The molecule has 2 rings (SSSR count). The second-order valence-corrected chi connectivity index (χ2v) is 8.89. The van der Waals surface area contributed by atoms with Gasteiger partial charge in [0.15, 0.2) is 0 Å². The largest absolute Gasteiger partial charge is 0.497 e. The normalized spacial score (nSPS) is 11.8. The van der Waals surface area contributed by atoms with E-state index in [4.69, 9.17) is 9.15 Å². The summed E-state index contributed by atoms with van der Waals surface area (Å²) >= 11 is 1.75. The summed E-state index contributed by atoms with van der Waals surface area (Å²) in [4.78, 5) is 25.1. The minimum absolute atomic E-state index is 0.122. The van der Waals surface area contributed by atoms with E-state index in [0.717, 1.165) is 5.75 Å². The lowest BCUT2D eigenvalue weighted by Gasteiger charge is -2.17. The lowest BCUT2D eigenvalue weighted by Crippen LogP contribution is -2.36. The fourth-order valence-electron chi connectivity index (χ4n) is 2.23. The molecule has 0 aliphatic carbocycles. The molecule has 0 bridgehead atoms. The molecule has 0 atom stereocenters. The number of methoxy groups -OCH3 is 1. The molecule has 0 fully saturated rings. The van der Waals surface area contributed by atoms with Crippen molar-refractivity contribution in [2.75, 3.05) is 19.4 Å². The zero-order chi connectivity index (χ0) is 20.6. The molecule has 2 amide bonds. The van der Waals surface area contributed by atoms with Crippen molar-refractivity contribution in [1.82, 2.24) is 10.6 Å². The van der Waals surface area contributed by atoms with Crippen molar-refractivity contribution in [3.05, 3.63) is 59.7 Å². The van der Waals surface area contributed by atoms with E-state index >= 15 is 0 Å². The lowest BCUT2D eigenvalue weighted by atomic mass is 10.2. The number of carbonyl (C=O) groups excluding carboxylic acids is 2. The van der Waals surface area contributed by atoms with E-state index in [9.17, 15) is 9.59 Å². The fourth-order valence-corrected chi connectivity index (χ4v) is 3.04. The molecule has 6 nitrogen and oxygen atoms in total. The predicted molar refractivity (Wildman–Crippen MR) is 112 cm³/mol. The van der Waals surface area contributed by atoms with Crippen LogP contribution in [0.2, 0.25) is 0 Å². The summed E-state index contributed by atoms with van der Waals surface area (Å²) in [6.45, 7) is 6.86. The molecular formula is C21H26N2O4S. The molecule has 0 aliphatic heterocycles. The molecule has 0 saturated heterocycles. The number of hydrogen-bond acceptors (Lipinski definition) is 5. The SMILES string of the molecule is COc1ccc(C(=O)N/C(=C\c2ccco2)C(=O)NCCSC(C)(C)C)cc1. The van der Waals surface area contributed by atoms with E-state index in [2.05, 4.69) is 31.4 Å². The van der Waals surface area contributed by atoms with Crippen LogP contribution in [0.5, 0.6) is 5.75 Å². The average Bonchev–Trinajstić information content (AvgIpc) is 3.17. The molecule has 0 unspecified atom stereocenters. The molecule has 2 aromatic rings. The van der Waals surface area contributed by atoms with Gasteiger partial charge in [0.1, 0.15) is 17.2 Å². The first-order valence-corrected chi connectivity index (χ1v) is 9.90. The van der Waals surface area contributed by atoms with Crippen LogP contribution in [0.3, 0.4) is 0 Å². The first-order valence-electron chi connectivity index (χ1n) is 8.91. The molecule has 0 aliphatic rings. The smallest absolute Gasteiger partial charge is 0.267 e. The molecule has 1 aromatic heterocycles. The first kappa shape index (κ1) is 21.6. The van der Waals surface area contributed by atoms with Gasteiger partial charge in [-0.3, -0.25) is 9.59 Å². The third-order valence-corrected chi connectivity index (χ3v) is 4.87. The second-order valence-electron chi connectivity index (χ2n) is 6.97. The van der Waals surface area contributed by atoms with E-state index in [1.165, 1.54) is 12.3 Å². The van der Waals surface area contributed by atoms with Gasteiger partial charge in [-0.1, -0.05) is 20.8 Å². The van der Waals surface area contributed by atoms with Gasteiger partial charge in [0.05, 0.1) is 13.4 Å². The minimum atomic E-state index is -0.389. The second kappa shape index (κ2) is 10.0. The van der Waals surface area contributed by atoms with Crippen LogP contribution < -0.4 is 15.4 Å². The number of nitrogens with one attached hydrogen (secondary N) is 2. The third-order valence-electron chi connectivity index (χ3n) is 3.60. The van der Waals surface area contributed by atoms with Crippen LogP contribution in [0, 0.1) is 0 Å². The zero-order valence-corrected chi connectivity index (χ0v) is 17.4. The van der Waals surface area contributed by atoms with Gasteiger partial charge in [0, 0.05) is 28.7 Å². The van der Waals surface area contributed by atoms with Gasteiger partial charge in [-0.2, -0.15) is 11.8 Å². The van der Waals surface area contributed by atoms with Gasteiger partial charge in [-0.15, -0.1) is 0 Å². The number of hydrogen-bond donors (Lipinski definition) is 2. The van der Waals surface area contributed by atoms with Gasteiger partial charge in [0.25, 0.3) is 11.8 Å². The predicted octanol–water partition coefficient (Wildman–Crippen LogP) is 3.71. The highest BCUT2D eigenvalue weighted by Crippen LogP contribution is 2.22. The molecular weight excluding hydrogens is 376 g/mol. The number of amides is 2. The average molecular weight is 403 g/mol. The monoisotopic (exact) mass is 402 g/mol. The van der Waals surface area contributed by atoms with Crippen molar-refractivity contribution < 1.29 is 18.7 Å². The summed E-state index contributed by atoms with van der Waals surface area (Å²) in [5.74, 6) is 1.14. The Hall–Kier alpha value is -2.67. The van der Waals surface area contributed by atoms with Gasteiger partial charge < -0.3 is 19.8 Å². The first-order chi connectivity index (χ1) is 13.3. The van der Waals surface area contributed by atoms with Gasteiger partial charge in [0.2, 0.25) is 0 Å². The highest BCUT2D eigenvalue weighted by molar-refractivity contribution is 8.00. The molecule has 0 radical (unpaired) electrons. The highest BCUT2D eigenvalue weighted by Gasteiger charge is 2.16. The summed E-state index contributed by atoms with van der Waals surface area (Å²) in [7, 11) is 1.56. The topological polar surface area (TPSA) is 80.6 Å². The zero-order valence-electron chi connectivity index (χ0n) is 16.6. The molecule has 1 heterocycles. The Morgan fingerprint density at radius 3 is 2.46 bits per heavy atom. The van der Waals surface area contributed by atoms with Crippen LogP contribution in [0.4, 0.5) is 0 Å². The third kappa shape index (κ3) is 7.15. The van der Waals surface area contributed by atoms with E-state index in [-0.39, 0.29) is 22.3 Å². The fraction of sp³-hybridized carbons (Fsp3) is 0.333. The van der Waals surface area contributed by atoms with Crippen LogP contribution in [-0.2, 0) is 4.79 Å². The number of ether oxygens (including phenoxy) is 1. The molecule has 150 valence electrons. The lowest BCUT2D eigenvalue weighted by molar-refractivity contribution is -0.117. The van der Waals surface area contributed by atoms with Gasteiger partial charge in [-0.05, 0) is 36.4 Å². The van der Waals surface area contributed by atoms with Crippen molar-refractivity contribution in [1.29, 1.82) is 0 Å². The number of rotatable bonds is 8. The number of thioether (sulfide) groups is 1. The quantitative estimate of drug-likeness (QED) is 0.520. The van der Waals surface area contributed by atoms with Crippen molar-refractivity contribution in [2.24, 2.45) is 0 Å². The Kier molecular flexibility index (Phi) is 7.75. The molecule has 1 aromatic carbocycles. The Bertz CT molecular complexity index is 806. The summed E-state index contributed by atoms with van der Waals surface area (Å²) in [6, 6.07) is 10.1. The summed E-state index contributed by atoms with van der Waals surface area (Å²) in [5, 5.41) is 5.51. The van der Waals surface area contributed by atoms with Crippen LogP contribution in [0.1, 0.15) is 36.9 Å². The highest BCUT2D eigenvalue weighted by atomic mass is 32.2. The van der Waals surface area contributed by atoms with E-state index in [1.807, 2.05) is 0 Å². The Morgan fingerprint density at radius 1 is 1.18 bits per heavy atom. The summed E-state index contributed by atoms with van der Waals surface area (Å²) in [6.07, 6.45) is 3.01. The van der Waals surface area contributed by atoms with E-state index < -0.39 is 0 Å². The Balaban J connectivity index is 2.06. The van der Waals surface area contributed by atoms with Crippen molar-refractivity contribution in [3.63, 3.8) is 0 Å². The summed E-state index contributed by atoms with van der Waals surface area (Å²) < 4.78 is 10.5. The molecule has 2 N–H and O–H groups in total. The maximum atomic E-state index is 12.6.